The lowest BCUT2D eigenvalue weighted by atomic mass is 10.1. The number of hydrogen-bond acceptors (Lipinski definition) is 3. The zero-order chi connectivity index (χ0) is 15.3. The number of rotatable bonds is 6. The zero-order valence-corrected chi connectivity index (χ0v) is 13.3. The fourth-order valence-electron chi connectivity index (χ4n) is 1.78. The fraction of sp³-hybridized carbons (Fsp3) is 0.462. The molecule has 7 heteroatoms. The van der Waals surface area contributed by atoms with Gasteiger partial charge in [-0.1, -0.05) is 24.9 Å². The van der Waals surface area contributed by atoms with Gasteiger partial charge < -0.3 is 5.32 Å². The molecular weight excluding hydrogens is 300 g/mol. The summed E-state index contributed by atoms with van der Waals surface area (Å²) in [5.41, 5.74) is 0.563. The lowest BCUT2D eigenvalue weighted by Crippen LogP contribution is -2.32. The van der Waals surface area contributed by atoms with Crippen molar-refractivity contribution >= 4 is 33.2 Å². The van der Waals surface area contributed by atoms with Gasteiger partial charge in [-0.3, -0.25) is 9.52 Å². The Hall–Kier alpha value is -1.27. The van der Waals surface area contributed by atoms with Crippen molar-refractivity contribution in [2.75, 3.05) is 11.0 Å². The molecule has 112 valence electrons. The van der Waals surface area contributed by atoms with Crippen LogP contribution >= 0.6 is 11.6 Å². The minimum Gasteiger partial charge on any atom is -0.350 e. The third-order valence-electron chi connectivity index (χ3n) is 2.61. The number of sulfonamides is 1. The van der Waals surface area contributed by atoms with Crippen LogP contribution in [0.5, 0.6) is 0 Å². The summed E-state index contributed by atoms with van der Waals surface area (Å²) in [6.45, 7) is 3.94. The minimum atomic E-state index is -3.39. The van der Waals surface area contributed by atoms with Gasteiger partial charge in [0.15, 0.2) is 0 Å². The predicted molar refractivity (Wildman–Crippen MR) is 81.8 cm³/mol. The van der Waals surface area contributed by atoms with Crippen molar-refractivity contribution < 1.29 is 13.2 Å². The second kappa shape index (κ2) is 6.95. The standard InChI is InChI=1S/C13H19ClN2O3S/c1-4-5-9(2)15-13(17)11-8-10(6-7-12(11)14)16-20(3,18)19/h6-9,16H,4-5H2,1-3H3,(H,15,17)/t9-/m1/s1. The molecule has 1 atom stereocenters. The largest absolute Gasteiger partial charge is 0.350 e. The number of halogens is 1. The minimum absolute atomic E-state index is 0.0371. The van der Waals surface area contributed by atoms with Crippen LogP contribution in [0, 0.1) is 0 Å². The maximum Gasteiger partial charge on any atom is 0.253 e. The molecule has 0 fully saturated rings. The van der Waals surface area contributed by atoms with Crippen LogP contribution in [0.15, 0.2) is 18.2 Å². The maximum atomic E-state index is 12.1. The molecular formula is C13H19ClN2O3S. The van der Waals surface area contributed by atoms with Gasteiger partial charge in [-0.15, -0.1) is 0 Å². The number of carbonyl (C=O) groups is 1. The van der Waals surface area contributed by atoms with Crippen LogP contribution in [-0.2, 0) is 10.0 Å². The van der Waals surface area contributed by atoms with E-state index in [1.54, 1.807) is 0 Å². The summed E-state index contributed by atoms with van der Waals surface area (Å²) in [7, 11) is -3.39. The summed E-state index contributed by atoms with van der Waals surface area (Å²) in [4.78, 5) is 12.1. The third-order valence-corrected chi connectivity index (χ3v) is 3.55. The SMILES string of the molecule is CCC[C@@H](C)NC(=O)c1cc(NS(C)(=O)=O)ccc1Cl. The highest BCUT2D eigenvalue weighted by Crippen LogP contribution is 2.21. The van der Waals surface area contributed by atoms with E-state index in [4.69, 9.17) is 11.6 Å². The maximum absolute atomic E-state index is 12.1. The molecule has 0 aliphatic heterocycles. The van der Waals surface area contributed by atoms with E-state index in [1.165, 1.54) is 18.2 Å². The second-order valence-electron chi connectivity index (χ2n) is 4.73. The molecule has 0 saturated carbocycles. The molecule has 0 spiro atoms. The number of carbonyl (C=O) groups excluding carboxylic acids is 1. The molecule has 20 heavy (non-hydrogen) atoms. The fourth-order valence-corrected chi connectivity index (χ4v) is 2.54. The van der Waals surface area contributed by atoms with Crippen LogP contribution in [0.2, 0.25) is 5.02 Å². The van der Waals surface area contributed by atoms with Gasteiger partial charge in [-0.2, -0.15) is 0 Å². The Labute approximate surface area is 124 Å². The summed E-state index contributed by atoms with van der Waals surface area (Å²) in [6, 6.07) is 4.47. The highest BCUT2D eigenvalue weighted by atomic mass is 35.5. The molecule has 0 radical (unpaired) electrons. The van der Waals surface area contributed by atoms with E-state index in [-0.39, 0.29) is 22.5 Å². The zero-order valence-electron chi connectivity index (χ0n) is 11.7. The smallest absolute Gasteiger partial charge is 0.253 e. The highest BCUT2D eigenvalue weighted by molar-refractivity contribution is 7.92. The lowest BCUT2D eigenvalue weighted by Gasteiger charge is -2.14. The molecule has 0 unspecified atom stereocenters. The monoisotopic (exact) mass is 318 g/mol. The van der Waals surface area contributed by atoms with E-state index in [0.29, 0.717) is 5.69 Å². The van der Waals surface area contributed by atoms with Crippen molar-refractivity contribution in [3.05, 3.63) is 28.8 Å². The quantitative estimate of drug-likeness (QED) is 0.846. The van der Waals surface area contributed by atoms with Crippen LogP contribution in [0.1, 0.15) is 37.0 Å². The number of hydrogen-bond donors (Lipinski definition) is 2. The van der Waals surface area contributed by atoms with E-state index in [0.717, 1.165) is 19.1 Å². The summed E-state index contributed by atoms with van der Waals surface area (Å²) in [6.07, 6.45) is 2.88. The molecule has 0 aliphatic carbocycles. The lowest BCUT2D eigenvalue weighted by molar-refractivity contribution is 0.0938. The van der Waals surface area contributed by atoms with Gasteiger partial charge in [0.05, 0.1) is 16.8 Å². The number of amides is 1. The molecule has 0 aliphatic rings. The molecule has 1 rings (SSSR count). The van der Waals surface area contributed by atoms with E-state index < -0.39 is 10.0 Å². The summed E-state index contributed by atoms with van der Waals surface area (Å²) >= 11 is 5.98. The number of benzene rings is 1. The number of anilines is 1. The Bertz CT molecular complexity index is 587. The summed E-state index contributed by atoms with van der Waals surface area (Å²) in [5, 5.41) is 3.11. The first-order valence-electron chi connectivity index (χ1n) is 6.31. The van der Waals surface area contributed by atoms with E-state index in [2.05, 4.69) is 10.0 Å². The van der Waals surface area contributed by atoms with Crippen molar-refractivity contribution in [1.82, 2.24) is 5.32 Å². The Kier molecular flexibility index (Phi) is 5.83. The third kappa shape index (κ3) is 5.38. The Morgan fingerprint density at radius 1 is 1.40 bits per heavy atom. The first kappa shape index (κ1) is 16.8. The van der Waals surface area contributed by atoms with Gasteiger partial charge in [0, 0.05) is 11.7 Å². The molecule has 0 heterocycles. The van der Waals surface area contributed by atoms with Crippen molar-refractivity contribution in [2.24, 2.45) is 0 Å². The topological polar surface area (TPSA) is 75.3 Å². The molecule has 1 aromatic rings. The van der Waals surface area contributed by atoms with Crippen molar-refractivity contribution in [3.63, 3.8) is 0 Å². The predicted octanol–water partition coefficient (Wildman–Crippen LogP) is 2.63. The highest BCUT2D eigenvalue weighted by Gasteiger charge is 2.14. The normalized spacial score (nSPS) is 12.8. The van der Waals surface area contributed by atoms with Crippen molar-refractivity contribution in [1.29, 1.82) is 0 Å². The van der Waals surface area contributed by atoms with Crippen molar-refractivity contribution in [3.8, 4) is 0 Å². The molecule has 0 aromatic heterocycles. The molecule has 1 aromatic carbocycles. The van der Waals surface area contributed by atoms with Gasteiger partial charge in [0.25, 0.3) is 5.91 Å². The van der Waals surface area contributed by atoms with Crippen LogP contribution in [0.3, 0.4) is 0 Å². The average molecular weight is 319 g/mol. The van der Waals surface area contributed by atoms with Gasteiger partial charge in [0.2, 0.25) is 10.0 Å². The summed E-state index contributed by atoms with van der Waals surface area (Å²) in [5.74, 6) is -0.312. The molecule has 0 saturated heterocycles. The Balaban J connectivity index is 2.93. The molecule has 5 nitrogen and oxygen atoms in total. The van der Waals surface area contributed by atoms with E-state index in [1.807, 2.05) is 13.8 Å². The van der Waals surface area contributed by atoms with Gasteiger partial charge in [-0.05, 0) is 31.5 Å². The van der Waals surface area contributed by atoms with E-state index in [9.17, 15) is 13.2 Å². The Morgan fingerprint density at radius 2 is 2.05 bits per heavy atom. The summed E-state index contributed by atoms with van der Waals surface area (Å²) < 4.78 is 24.7. The average Bonchev–Trinajstić information content (AvgIpc) is 2.30. The first-order chi connectivity index (χ1) is 9.23. The molecule has 1 amide bonds. The van der Waals surface area contributed by atoms with Gasteiger partial charge in [-0.25, -0.2) is 8.42 Å². The van der Waals surface area contributed by atoms with Crippen LogP contribution < -0.4 is 10.0 Å². The molecule has 2 N–H and O–H groups in total. The first-order valence-corrected chi connectivity index (χ1v) is 8.58. The van der Waals surface area contributed by atoms with E-state index >= 15 is 0 Å². The molecule has 0 bridgehead atoms. The number of nitrogens with one attached hydrogen (secondary N) is 2. The van der Waals surface area contributed by atoms with Gasteiger partial charge >= 0.3 is 0 Å². The van der Waals surface area contributed by atoms with Crippen LogP contribution in [-0.4, -0.2) is 26.6 Å². The van der Waals surface area contributed by atoms with Gasteiger partial charge in [0.1, 0.15) is 0 Å². The second-order valence-corrected chi connectivity index (χ2v) is 6.89. The Morgan fingerprint density at radius 3 is 2.60 bits per heavy atom. The van der Waals surface area contributed by atoms with Crippen molar-refractivity contribution in [2.45, 2.75) is 32.7 Å². The van der Waals surface area contributed by atoms with Crippen LogP contribution in [0.25, 0.3) is 0 Å². The van der Waals surface area contributed by atoms with Crippen LogP contribution in [0.4, 0.5) is 5.69 Å².